The Hall–Kier alpha value is -0.770. The topological polar surface area (TPSA) is 21.3 Å². The molecule has 0 aromatic heterocycles. The van der Waals surface area contributed by atoms with E-state index in [1.807, 2.05) is 18.7 Å². The van der Waals surface area contributed by atoms with Crippen molar-refractivity contribution in [2.75, 3.05) is 25.5 Å². The van der Waals surface area contributed by atoms with Crippen molar-refractivity contribution in [3.8, 4) is 0 Å². The molecule has 17 heavy (non-hydrogen) atoms. The molecule has 0 saturated carbocycles. The molecule has 1 aliphatic rings. The molecule has 0 radical (unpaired) electrons. The van der Waals surface area contributed by atoms with Crippen LogP contribution in [0.5, 0.6) is 0 Å². The fraction of sp³-hybridized carbons (Fsp3) is 0.429. The van der Waals surface area contributed by atoms with E-state index in [1.54, 1.807) is 0 Å². The van der Waals surface area contributed by atoms with E-state index >= 15 is 0 Å². The van der Waals surface area contributed by atoms with E-state index in [0.717, 1.165) is 24.5 Å². The summed E-state index contributed by atoms with van der Waals surface area (Å²) in [6.07, 6.45) is 0. The number of benzene rings is 1. The van der Waals surface area contributed by atoms with Gasteiger partial charge in [0.25, 0.3) is 0 Å². The Balaban J connectivity index is 1.73. The minimum atomic E-state index is 0.477. The SMILES string of the molecule is C=C(C)COCCNC1CSc2ccccc21. The highest BCUT2D eigenvalue weighted by molar-refractivity contribution is 7.99. The molecule has 2 rings (SSSR count). The quantitative estimate of drug-likeness (QED) is 0.618. The van der Waals surface area contributed by atoms with Gasteiger partial charge in [-0.1, -0.05) is 30.4 Å². The maximum atomic E-state index is 5.47. The number of hydrogen-bond acceptors (Lipinski definition) is 3. The monoisotopic (exact) mass is 249 g/mol. The fourth-order valence-corrected chi connectivity index (χ4v) is 3.08. The van der Waals surface area contributed by atoms with Crippen molar-refractivity contribution in [2.24, 2.45) is 0 Å². The van der Waals surface area contributed by atoms with Crippen molar-refractivity contribution in [2.45, 2.75) is 17.9 Å². The van der Waals surface area contributed by atoms with Gasteiger partial charge in [0.15, 0.2) is 0 Å². The first-order chi connectivity index (χ1) is 8.27. The van der Waals surface area contributed by atoms with Gasteiger partial charge in [-0.3, -0.25) is 0 Å². The molecule has 0 saturated heterocycles. The largest absolute Gasteiger partial charge is 0.376 e. The van der Waals surface area contributed by atoms with Crippen LogP contribution in [0.1, 0.15) is 18.5 Å². The third-order valence-corrected chi connectivity index (χ3v) is 3.87. The first kappa shape index (κ1) is 12.7. The van der Waals surface area contributed by atoms with Crippen molar-refractivity contribution in [1.29, 1.82) is 0 Å². The highest BCUT2D eigenvalue weighted by Crippen LogP contribution is 2.37. The molecule has 1 aromatic carbocycles. The second-order valence-corrected chi connectivity index (χ2v) is 5.43. The van der Waals surface area contributed by atoms with E-state index in [1.165, 1.54) is 10.5 Å². The van der Waals surface area contributed by atoms with Crippen LogP contribution in [0.2, 0.25) is 0 Å². The number of nitrogens with one attached hydrogen (secondary N) is 1. The second kappa shape index (κ2) is 6.24. The minimum absolute atomic E-state index is 0.477. The van der Waals surface area contributed by atoms with Crippen LogP contribution in [0, 0.1) is 0 Å². The number of rotatable bonds is 6. The summed E-state index contributed by atoms with van der Waals surface area (Å²) in [5, 5.41) is 3.54. The zero-order chi connectivity index (χ0) is 12.1. The van der Waals surface area contributed by atoms with Gasteiger partial charge in [0.2, 0.25) is 0 Å². The van der Waals surface area contributed by atoms with E-state index in [-0.39, 0.29) is 0 Å². The lowest BCUT2D eigenvalue weighted by Gasteiger charge is -2.13. The lowest BCUT2D eigenvalue weighted by molar-refractivity contribution is 0.156. The molecule has 1 heterocycles. The lowest BCUT2D eigenvalue weighted by atomic mass is 10.1. The first-order valence-corrected chi connectivity index (χ1v) is 6.93. The predicted octanol–water partition coefficient (Wildman–Crippen LogP) is 3.02. The van der Waals surface area contributed by atoms with Crippen molar-refractivity contribution in [3.63, 3.8) is 0 Å². The number of fused-ring (bicyclic) bond motifs is 1. The molecule has 0 aliphatic carbocycles. The third-order valence-electron chi connectivity index (χ3n) is 2.69. The summed E-state index contributed by atoms with van der Waals surface area (Å²) in [4.78, 5) is 1.41. The fourth-order valence-electron chi connectivity index (χ4n) is 1.88. The molecule has 2 nitrogen and oxygen atoms in total. The van der Waals surface area contributed by atoms with Crippen molar-refractivity contribution >= 4 is 11.8 Å². The number of thioether (sulfide) groups is 1. The predicted molar refractivity (Wildman–Crippen MR) is 73.5 cm³/mol. The molecule has 3 heteroatoms. The van der Waals surface area contributed by atoms with Gasteiger partial charge in [0, 0.05) is 23.2 Å². The number of hydrogen-bond donors (Lipinski definition) is 1. The van der Waals surface area contributed by atoms with Crippen LogP contribution in [-0.4, -0.2) is 25.5 Å². The van der Waals surface area contributed by atoms with E-state index < -0.39 is 0 Å². The summed E-state index contributed by atoms with van der Waals surface area (Å²) in [5.41, 5.74) is 2.50. The van der Waals surface area contributed by atoms with Gasteiger partial charge in [-0.25, -0.2) is 0 Å². The normalized spacial score (nSPS) is 18.1. The average molecular weight is 249 g/mol. The van der Waals surface area contributed by atoms with Gasteiger partial charge < -0.3 is 10.1 Å². The third kappa shape index (κ3) is 3.60. The van der Waals surface area contributed by atoms with Crippen LogP contribution >= 0.6 is 11.8 Å². The highest BCUT2D eigenvalue weighted by Gasteiger charge is 2.21. The molecule has 0 bridgehead atoms. The van der Waals surface area contributed by atoms with E-state index in [0.29, 0.717) is 12.6 Å². The Morgan fingerprint density at radius 2 is 2.35 bits per heavy atom. The molecule has 1 atom stereocenters. The van der Waals surface area contributed by atoms with Crippen molar-refractivity contribution in [1.82, 2.24) is 5.32 Å². The van der Waals surface area contributed by atoms with Crippen molar-refractivity contribution in [3.05, 3.63) is 42.0 Å². The van der Waals surface area contributed by atoms with E-state index in [4.69, 9.17) is 4.74 Å². The van der Waals surface area contributed by atoms with Gasteiger partial charge >= 0.3 is 0 Å². The summed E-state index contributed by atoms with van der Waals surface area (Å²) < 4.78 is 5.47. The van der Waals surface area contributed by atoms with Gasteiger partial charge in [-0.2, -0.15) is 0 Å². The van der Waals surface area contributed by atoms with Gasteiger partial charge in [0.05, 0.1) is 13.2 Å². The standard InChI is InChI=1S/C14H19NOS/c1-11(2)9-16-8-7-15-13-10-17-14-6-4-3-5-12(13)14/h3-6,13,15H,1,7-10H2,2H3. The molecule has 1 N–H and O–H groups in total. The molecule has 92 valence electrons. The van der Waals surface area contributed by atoms with Crippen LogP contribution < -0.4 is 5.32 Å². The Morgan fingerprint density at radius 3 is 3.18 bits per heavy atom. The zero-order valence-electron chi connectivity index (χ0n) is 10.2. The van der Waals surface area contributed by atoms with Crippen molar-refractivity contribution < 1.29 is 4.74 Å². The minimum Gasteiger partial charge on any atom is -0.376 e. The Labute approximate surface area is 107 Å². The molecular weight excluding hydrogens is 230 g/mol. The number of ether oxygens (including phenoxy) is 1. The molecule has 1 unspecified atom stereocenters. The van der Waals surface area contributed by atoms with Gasteiger partial charge in [-0.15, -0.1) is 11.8 Å². The first-order valence-electron chi connectivity index (χ1n) is 5.94. The summed E-state index contributed by atoms with van der Waals surface area (Å²) >= 11 is 1.93. The second-order valence-electron chi connectivity index (χ2n) is 4.37. The molecule has 0 fully saturated rings. The molecule has 1 aliphatic heterocycles. The van der Waals surface area contributed by atoms with Crippen LogP contribution in [0.3, 0.4) is 0 Å². The maximum absolute atomic E-state index is 5.47. The van der Waals surface area contributed by atoms with Crippen LogP contribution in [0.15, 0.2) is 41.3 Å². The molecule has 0 amide bonds. The van der Waals surface area contributed by atoms with Crippen LogP contribution in [0.25, 0.3) is 0 Å². The smallest absolute Gasteiger partial charge is 0.0672 e. The Morgan fingerprint density at radius 1 is 1.53 bits per heavy atom. The summed E-state index contributed by atoms with van der Waals surface area (Å²) in [6.45, 7) is 8.10. The molecule has 0 spiro atoms. The lowest BCUT2D eigenvalue weighted by Crippen LogP contribution is -2.25. The Kier molecular flexibility index (Phi) is 4.66. The van der Waals surface area contributed by atoms with Gasteiger partial charge in [-0.05, 0) is 18.6 Å². The highest BCUT2D eigenvalue weighted by atomic mass is 32.2. The molecular formula is C14H19NOS. The van der Waals surface area contributed by atoms with Crippen LogP contribution in [-0.2, 0) is 4.74 Å². The summed E-state index contributed by atoms with van der Waals surface area (Å²) in [6, 6.07) is 9.09. The molecule has 1 aromatic rings. The maximum Gasteiger partial charge on any atom is 0.0672 e. The van der Waals surface area contributed by atoms with E-state index in [2.05, 4.69) is 36.2 Å². The van der Waals surface area contributed by atoms with Crippen LogP contribution in [0.4, 0.5) is 0 Å². The Bertz CT molecular complexity index is 392. The average Bonchev–Trinajstić information content (AvgIpc) is 2.72. The van der Waals surface area contributed by atoms with E-state index in [9.17, 15) is 0 Å². The summed E-state index contributed by atoms with van der Waals surface area (Å²) in [5.74, 6) is 1.12. The van der Waals surface area contributed by atoms with Gasteiger partial charge in [0.1, 0.15) is 0 Å². The summed E-state index contributed by atoms with van der Waals surface area (Å²) in [7, 11) is 0. The zero-order valence-corrected chi connectivity index (χ0v) is 11.1.